The molecule has 0 unspecified atom stereocenters. The van der Waals surface area contributed by atoms with Crippen LogP contribution in [0, 0.1) is 6.92 Å². The summed E-state index contributed by atoms with van der Waals surface area (Å²) in [6.45, 7) is 3.39. The quantitative estimate of drug-likeness (QED) is 0.614. The summed E-state index contributed by atoms with van der Waals surface area (Å²) in [7, 11) is -1.26. The lowest BCUT2D eigenvalue weighted by Crippen LogP contribution is -2.36. The molecular weight excluding hydrogens is 334 g/mol. The predicted molar refractivity (Wildman–Crippen MR) is 103 cm³/mol. The SMILES string of the molecule is CN=C(NCc1ccc(CS(C)(=O)=O)cc1)NCc1cccc(C)c1. The third kappa shape index (κ3) is 6.97. The monoisotopic (exact) mass is 359 g/mol. The molecule has 0 aliphatic rings. The van der Waals surface area contributed by atoms with Crippen molar-refractivity contribution in [3.63, 3.8) is 0 Å². The van der Waals surface area contributed by atoms with E-state index < -0.39 is 9.84 Å². The fourth-order valence-electron chi connectivity index (χ4n) is 2.47. The van der Waals surface area contributed by atoms with Gasteiger partial charge in [0.1, 0.15) is 0 Å². The maximum absolute atomic E-state index is 11.3. The van der Waals surface area contributed by atoms with Crippen molar-refractivity contribution in [2.75, 3.05) is 13.3 Å². The second-order valence-corrected chi connectivity index (χ2v) is 8.30. The zero-order chi connectivity index (χ0) is 18.3. The standard InChI is InChI=1S/C19H25N3O2S/c1-15-5-4-6-18(11-15)13-22-19(20-2)21-12-16-7-9-17(10-8-16)14-25(3,23)24/h4-11H,12-14H2,1-3H3,(H2,20,21,22). The molecule has 2 N–H and O–H groups in total. The highest BCUT2D eigenvalue weighted by atomic mass is 32.2. The normalized spacial score (nSPS) is 12.0. The molecule has 2 aromatic rings. The molecule has 6 heteroatoms. The van der Waals surface area contributed by atoms with Crippen molar-refractivity contribution in [2.24, 2.45) is 4.99 Å². The summed E-state index contributed by atoms with van der Waals surface area (Å²) >= 11 is 0. The van der Waals surface area contributed by atoms with Crippen molar-refractivity contribution < 1.29 is 8.42 Å². The summed E-state index contributed by atoms with van der Waals surface area (Å²) in [5.74, 6) is 0.794. The molecule has 0 aliphatic carbocycles. The average molecular weight is 359 g/mol. The lowest BCUT2D eigenvalue weighted by Gasteiger charge is -2.12. The Kier molecular flexibility index (Phi) is 6.58. The molecule has 0 saturated heterocycles. The van der Waals surface area contributed by atoms with E-state index in [0.717, 1.165) is 17.1 Å². The van der Waals surface area contributed by atoms with Crippen LogP contribution in [0.4, 0.5) is 0 Å². The molecule has 2 aromatic carbocycles. The molecule has 2 rings (SSSR count). The minimum Gasteiger partial charge on any atom is -0.352 e. The number of rotatable bonds is 6. The number of aryl methyl sites for hydroxylation is 1. The Hall–Kier alpha value is -2.34. The zero-order valence-electron chi connectivity index (χ0n) is 14.9. The molecule has 0 aromatic heterocycles. The van der Waals surface area contributed by atoms with Gasteiger partial charge in [0.2, 0.25) is 0 Å². The molecule has 134 valence electrons. The minimum atomic E-state index is -3.00. The maximum Gasteiger partial charge on any atom is 0.191 e. The van der Waals surface area contributed by atoms with E-state index in [1.165, 1.54) is 17.4 Å². The second-order valence-electron chi connectivity index (χ2n) is 6.15. The van der Waals surface area contributed by atoms with Crippen LogP contribution in [0.5, 0.6) is 0 Å². The fraction of sp³-hybridized carbons (Fsp3) is 0.316. The Morgan fingerprint density at radius 2 is 1.56 bits per heavy atom. The van der Waals surface area contributed by atoms with E-state index in [9.17, 15) is 8.42 Å². The number of sulfone groups is 1. The van der Waals surface area contributed by atoms with Gasteiger partial charge in [0.15, 0.2) is 15.8 Å². The minimum absolute atomic E-state index is 0.0699. The highest BCUT2D eigenvalue weighted by molar-refractivity contribution is 7.89. The molecule has 0 heterocycles. The maximum atomic E-state index is 11.3. The van der Waals surface area contributed by atoms with E-state index in [4.69, 9.17) is 0 Å². The first kappa shape index (κ1) is 19.0. The van der Waals surface area contributed by atoms with E-state index >= 15 is 0 Å². The van der Waals surface area contributed by atoms with Crippen LogP contribution < -0.4 is 10.6 Å². The molecule has 0 bridgehead atoms. The van der Waals surface area contributed by atoms with Crippen molar-refractivity contribution in [1.29, 1.82) is 0 Å². The summed E-state index contributed by atoms with van der Waals surface area (Å²) in [6, 6.07) is 15.9. The van der Waals surface area contributed by atoms with E-state index in [0.29, 0.717) is 13.1 Å². The molecule has 0 aliphatic heterocycles. The van der Waals surface area contributed by atoms with E-state index in [1.807, 2.05) is 30.3 Å². The summed E-state index contributed by atoms with van der Waals surface area (Å²) in [6.07, 6.45) is 1.24. The summed E-state index contributed by atoms with van der Waals surface area (Å²) in [4.78, 5) is 4.22. The average Bonchev–Trinajstić information content (AvgIpc) is 2.55. The number of aliphatic imine (C=N–C) groups is 1. The third-order valence-electron chi connectivity index (χ3n) is 3.68. The van der Waals surface area contributed by atoms with Crippen molar-refractivity contribution in [2.45, 2.75) is 25.8 Å². The van der Waals surface area contributed by atoms with Crippen LogP contribution in [-0.2, 0) is 28.7 Å². The molecule has 25 heavy (non-hydrogen) atoms. The lowest BCUT2D eigenvalue weighted by molar-refractivity contribution is 0.601. The highest BCUT2D eigenvalue weighted by Gasteiger charge is 2.04. The van der Waals surface area contributed by atoms with Gasteiger partial charge in [-0.2, -0.15) is 0 Å². The van der Waals surface area contributed by atoms with Gasteiger partial charge in [0.25, 0.3) is 0 Å². The molecule has 0 saturated carbocycles. The van der Waals surface area contributed by atoms with Gasteiger partial charge in [0.05, 0.1) is 5.75 Å². The molecule has 0 fully saturated rings. The molecule has 0 amide bonds. The van der Waals surface area contributed by atoms with Crippen molar-refractivity contribution in [1.82, 2.24) is 10.6 Å². The first-order valence-corrected chi connectivity index (χ1v) is 10.2. The molecule has 0 atom stereocenters. The smallest absolute Gasteiger partial charge is 0.191 e. The van der Waals surface area contributed by atoms with Crippen molar-refractivity contribution in [3.05, 3.63) is 70.8 Å². The van der Waals surface area contributed by atoms with Gasteiger partial charge in [-0.1, -0.05) is 54.1 Å². The van der Waals surface area contributed by atoms with E-state index in [-0.39, 0.29) is 5.75 Å². The predicted octanol–water partition coefficient (Wildman–Crippen LogP) is 2.40. The Balaban J connectivity index is 1.86. The molecule has 0 radical (unpaired) electrons. The highest BCUT2D eigenvalue weighted by Crippen LogP contribution is 2.08. The van der Waals surface area contributed by atoms with Gasteiger partial charge in [-0.15, -0.1) is 0 Å². The van der Waals surface area contributed by atoms with Crippen LogP contribution in [0.25, 0.3) is 0 Å². The van der Waals surface area contributed by atoms with Crippen LogP contribution in [-0.4, -0.2) is 27.7 Å². The Bertz CT molecular complexity index is 828. The number of benzene rings is 2. The third-order valence-corrected chi connectivity index (χ3v) is 4.54. The number of hydrogen-bond donors (Lipinski definition) is 2. The van der Waals surface area contributed by atoms with Gasteiger partial charge in [-0.3, -0.25) is 4.99 Å². The van der Waals surface area contributed by atoms with Crippen LogP contribution in [0.3, 0.4) is 0 Å². The number of nitrogens with one attached hydrogen (secondary N) is 2. The topological polar surface area (TPSA) is 70.6 Å². The zero-order valence-corrected chi connectivity index (χ0v) is 15.7. The van der Waals surface area contributed by atoms with Crippen LogP contribution in [0.1, 0.15) is 22.3 Å². The van der Waals surface area contributed by atoms with Gasteiger partial charge in [-0.25, -0.2) is 8.42 Å². The number of nitrogens with zero attached hydrogens (tertiary/aromatic N) is 1. The Labute approximate surface area is 150 Å². The van der Waals surface area contributed by atoms with Gasteiger partial charge < -0.3 is 10.6 Å². The first-order chi connectivity index (χ1) is 11.9. The molecule has 0 spiro atoms. The number of guanidine groups is 1. The Morgan fingerprint density at radius 1 is 0.960 bits per heavy atom. The lowest BCUT2D eigenvalue weighted by atomic mass is 10.1. The fourth-order valence-corrected chi connectivity index (χ4v) is 3.27. The summed E-state index contributed by atoms with van der Waals surface area (Å²) < 4.78 is 22.6. The molecule has 5 nitrogen and oxygen atoms in total. The van der Waals surface area contributed by atoms with Crippen LogP contribution in [0.2, 0.25) is 0 Å². The van der Waals surface area contributed by atoms with Gasteiger partial charge in [-0.05, 0) is 23.6 Å². The Morgan fingerprint density at radius 3 is 2.12 bits per heavy atom. The van der Waals surface area contributed by atoms with Crippen molar-refractivity contribution in [3.8, 4) is 0 Å². The van der Waals surface area contributed by atoms with Crippen LogP contribution in [0.15, 0.2) is 53.5 Å². The van der Waals surface area contributed by atoms with E-state index in [2.05, 4.69) is 40.7 Å². The first-order valence-electron chi connectivity index (χ1n) is 8.11. The van der Waals surface area contributed by atoms with Gasteiger partial charge in [0, 0.05) is 26.4 Å². The van der Waals surface area contributed by atoms with Crippen molar-refractivity contribution >= 4 is 15.8 Å². The molecular formula is C19H25N3O2S. The largest absolute Gasteiger partial charge is 0.352 e. The van der Waals surface area contributed by atoms with Gasteiger partial charge >= 0.3 is 0 Å². The van der Waals surface area contributed by atoms with Crippen LogP contribution >= 0.6 is 0 Å². The van der Waals surface area contributed by atoms with E-state index in [1.54, 1.807) is 7.05 Å². The summed E-state index contributed by atoms with van der Waals surface area (Å²) in [5.41, 5.74) is 4.30. The summed E-state index contributed by atoms with van der Waals surface area (Å²) in [5, 5.41) is 6.54. The number of hydrogen-bond acceptors (Lipinski definition) is 3. The second kappa shape index (κ2) is 8.67.